The van der Waals surface area contributed by atoms with Gasteiger partial charge in [-0.2, -0.15) is 0 Å². The van der Waals surface area contributed by atoms with Crippen LogP contribution in [0, 0.1) is 0 Å². The van der Waals surface area contributed by atoms with Crippen LogP contribution in [0.2, 0.25) is 0 Å². The number of carboxylic acids is 1. The maximum Gasteiger partial charge on any atom is 0.328 e. The topological polar surface area (TPSA) is 77.8 Å². The van der Waals surface area contributed by atoms with Crippen molar-refractivity contribution in [3.05, 3.63) is 23.3 Å². The Morgan fingerprint density at radius 1 is 1.21 bits per heavy atom. The molecule has 110 valence electrons. The highest BCUT2D eigenvalue weighted by Gasteiger charge is 2.23. The van der Waals surface area contributed by atoms with Gasteiger partial charge in [-0.1, -0.05) is 17.2 Å². The molecule has 0 rings (SSSR count). The normalized spacial score (nSPS) is 15.5. The Morgan fingerprint density at radius 2 is 1.79 bits per heavy atom. The van der Waals surface area contributed by atoms with Crippen molar-refractivity contribution in [3.63, 3.8) is 0 Å². The minimum absolute atomic E-state index is 0.524. The summed E-state index contributed by atoms with van der Waals surface area (Å²) in [7, 11) is 0. The van der Waals surface area contributed by atoms with E-state index in [4.69, 9.17) is 5.11 Å². The molecule has 0 aromatic carbocycles. The van der Waals surface area contributed by atoms with E-state index in [2.05, 4.69) is 6.08 Å². The van der Waals surface area contributed by atoms with E-state index in [9.17, 15) is 15.0 Å². The fourth-order valence-electron chi connectivity index (χ4n) is 1.65. The van der Waals surface area contributed by atoms with Crippen molar-refractivity contribution < 1.29 is 20.1 Å². The van der Waals surface area contributed by atoms with Crippen molar-refractivity contribution in [3.8, 4) is 0 Å². The van der Waals surface area contributed by atoms with Crippen molar-refractivity contribution in [2.24, 2.45) is 0 Å². The Kier molecular flexibility index (Phi) is 7.64. The lowest BCUT2D eigenvalue weighted by atomic mass is 9.95. The van der Waals surface area contributed by atoms with Gasteiger partial charge in [-0.05, 0) is 53.4 Å². The molecule has 0 bridgehead atoms. The highest BCUT2D eigenvalue weighted by Crippen LogP contribution is 2.17. The molecule has 0 spiro atoms. The van der Waals surface area contributed by atoms with Gasteiger partial charge in [0.15, 0.2) is 0 Å². The minimum Gasteiger partial charge on any atom is -0.478 e. The zero-order chi connectivity index (χ0) is 15.1. The van der Waals surface area contributed by atoms with Crippen LogP contribution >= 0.6 is 0 Å². The molecule has 0 aromatic rings. The number of hydrogen-bond acceptors (Lipinski definition) is 3. The van der Waals surface area contributed by atoms with Gasteiger partial charge in [-0.15, -0.1) is 0 Å². The Morgan fingerprint density at radius 3 is 2.26 bits per heavy atom. The van der Waals surface area contributed by atoms with Crippen LogP contribution in [0.3, 0.4) is 0 Å². The van der Waals surface area contributed by atoms with Gasteiger partial charge in [-0.3, -0.25) is 0 Å². The smallest absolute Gasteiger partial charge is 0.328 e. The summed E-state index contributed by atoms with van der Waals surface area (Å²) >= 11 is 0. The Labute approximate surface area is 115 Å². The van der Waals surface area contributed by atoms with Crippen molar-refractivity contribution in [1.82, 2.24) is 0 Å². The molecule has 4 nitrogen and oxygen atoms in total. The van der Waals surface area contributed by atoms with E-state index < -0.39 is 17.7 Å². The summed E-state index contributed by atoms with van der Waals surface area (Å²) in [5.41, 5.74) is 0.917. The number of aliphatic hydroxyl groups is 2. The first kappa shape index (κ1) is 17.9. The number of rotatable bonds is 8. The molecule has 0 aliphatic rings. The summed E-state index contributed by atoms with van der Waals surface area (Å²) in [6.07, 6.45) is 5.31. The third-order valence-corrected chi connectivity index (χ3v) is 3.03. The second kappa shape index (κ2) is 8.12. The number of hydrogen-bond donors (Lipinski definition) is 3. The fraction of sp³-hybridized carbons (Fsp3) is 0.667. The van der Waals surface area contributed by atoms with Crippen LogP contribution in [0.15, 0.2) is 23.3 Å². The van der Waals surface area contributed by atoms with Crippen molar-refractivity contribution in [1.29, 1.82) is 0 Å². The quantitative estimate of drug-likeness (QED) is 0.468. The number of allylic oxidation sites excluding steroid dienone is 3. The molecule has 4 heteroatoms. The number of carbonyl (C=O) groups is 1. The predicted molar refractivity (Wildman–Crippen MR) is 75.9 cm³/mol. The van der Waals surface area contributed by atoms with E-state index in [0.29, 0.717) is 6.42 Å². The van der Waals surface area contributed by atoms with Crippen LogP contribution in [0.25, 0.3) is 0 Å². The first-order valence-corrected chi connectivity index (χ1v) is 6.59. The average Bonchev–Trinajstić information content (AvgIpc) is 2.23. The summed E-state index contributed by atoms with van der Waals surface area (Å²) in [6, 6.07) is 0. The van der Waals surface area contributed by atoms with E-state index >= 15 is 0 Å². The van der Waals surface area contributed by atoms with Gasteiger partial charge in [0.05, 0.1) is 11.7 Å². The molecule has 0 aliphatic heterocycles. The second-order valence-electron chi connectivity index (χ2n) is 5.63. The minimum atomic E-state index is -1.07. The largest absolute Gasteiger partial charge is 0.478 e. The molecule has 3 N–H and O–H groups in total. The second-order valence-corrected chi connectivity index (χ2v) is 5.63. The third kappa shape index (κ3) is 9.45. The van der Waals surface area contributed by atoms with Gasteiger partial charge >= 0.3 is 5.97 Å². The SMILES string of the molecule is CC(=CC(=O)O)CCC=C(C)CCC(O)C(C)(C)O. The zero-order valence-electron chi connectivity index (χ0n) is 12.3. The zero-order valence-corrected chi connectivity index (χ0v) is 12.3. The van der Waals surface area contributed by atoms with Crippen molar-refractivity contribution in [2.75, 3.05) is 0 Å². The molecule has 1 atom stereocenters. The molecule has 0 heterocycles. The van der Waals surface area contributed by atoms with E-state index in [1.807, 2.05) is 6.92 Å². The summed E-state index contributed by atoms with van der Waals surface area (Å²) in [5, 5.41) is 27.9. The van der Waals surface area contributed by atoms with Crippen LogP contribution in [0.4, 0.5) is 0 Å². The number of aliphatic carboxylic acids is 1. The molecule has 0 saturated heterocycles. The molecule has 0 amide bonds. The lowest BCUT2D eigenvalue weighted by molar-refractivity contribution is -0.131. The molecule has 0 fully saturated rings. The maximum atomic E-state index is 10.4. The van der Waals surface area contributed by atoms with Crippen LogP contribution in [0.5, 0.6) is 0 Å². The van der Waals surface area contributed by atoms with Crippen LogP contribution in [0.1, 0.15) is 53.4 Å². The Bertz CT molecular complexity index is 348. The maximum absolute atomic E-state index is 10.4. The predicted octanol–water partition coefficient (Wildman–Crippen LogP) is 2.66. The van der Waals surface area contributed by atoms with Crippen LogP contribution < -0.4 is 0 Å². The Hall–Kier alpha value is -1.13. The monoisotopic (exact) mass is 270 g/mol. The summed E-state index contributed by atoms with van der Waals surface area (Å²) in [5.74, 6) is -0.911. The Balaban J connectivity index is 4.06. The number of aliphatic hydroxyl groups excluding tert-OH is 1. The van der Waals surface area contributed by atoms with Crippen LogP contribution in [-0.2, 0) is 4.79 Å². The molecular formula is C15H26O4. The van der Waals surface area contributed by atoms with Gasteiger partial charge < -0.3 is 15.3 Å². The number of carboxylic acid groups (broad SMARTS) is 1. The standard InChI is InChI=1S/C15H26O4/c1-11(8-9-13(16)15(3,4)19)6-5-7-12(2)10-14(17)18/h6,10,13,16,19H,5,7-9H2,1-4H3,(H,17,18). The highest BCUT2D eigenvalue weighted by molar-refractivity contribution is 5.80. The van der Waals surface area contributed by atoms with Crippen LogP contribution in [-0.4, -0.2) is 33.0 Å². The summed E-state index contributed by atoms with van der Waals surface area (Å²) in [4.78, 5) is 10.4. The molecule has 0 saturated carbocycles. The van der Waals surface area contributed by atoms with E-state index in [-0.39, 0.29) is 0 Å². The molecule has 19 heavy (non-hydrogen) atoms. The molecule has 0 aliphatic carbocycles. The van der Waals surface area contributed by atoms with Gasteiger partial charge in [0.1, 0.15) is 0 Å². The first-order chi connectivity index (χ1) is 8.62. The van der Waals surface area contributed by atoms with Gasteiger partial charge in [-0.25, -0.2) is 4.79 Å². The summed E-state index contributed by atoms with van der Waals surface area (Å²) in [6.45, 7) is 6.97. The lowest BCUT2D eigenvalue weighted by Gasteiger charge is -2.24. The first-order valence-electron chi connectivity index (χ1n) is 6.59. The molecular weight excluding hydrogens is 244 g/mol. The highest BCUT2D eigenvalue weighted by atomic mass is 16.4. The van der Waals surface area contributed by atoms with Crippen molar-refractivity contribution in [2.45, 2.75) is 65.1 Å². The fourth-order valence-corrected chi connectivity index (χ4v) is 1.65. The average molecular weight is 270 g/mol. The van der Waals surface area contributed by atoms with E-state index in [0.717, 1.165) is 30.4 Å². The van der Waals surface area contributed by atoms with Gasteiger partial charge in [0.2, 0.25) is 0 Å². The van der Waals surface area contributed by atoms with Gasteiger partial charge in [0.25, 0.3) is 0 Å². The van der Waals surface area contributed by atoms with E-state index in [1.165, 1.54) is 6.08 Å². The lowest BCUT2D eigenvalue weighted by Crippen LogP contribution is -2.35. The summed E-state index contributed by atoms with van der Waals surface area (Å²) < 4.78 is 0. The molecule has 1 unspecified atom stereocenters. The van der Waals surface area contributed by atoms with E-state index in [1.54, 1.807) is 20.8 Å². The third-order valence-electron chi connectivity index (χ3n) is 3.03. The molecule has 0 aromatic heterocycles. The van der Waals surface area contributed by atoms with Crippen molar-refractivity contribution >= 4 is 5.97 Å². The van der Waals surface area contributed by atoms with Gasteiger partial charge in [0, 0.05) is 6.08 Å². The molecule has 0 radical (unpaired) electrons.